The van der Waals surface area contributed by atoms with E-state index in [4.69, 9.17) is 4.42 Å². The molecule has 0 radical (unpaired) electrons. The minimum Gasteiger partial charge on any atom is -0.469 e. The van der Waals surface area contributed by atoms with Crippen molar-refractivity contribution in [1.29, 1.82) is 0 Å². The van der Waals surface area contributed by atoms with E-state index in [1.165, 1.54) is 11.8 Å². The Morgan fingerprint density at radius 2 is 2.04 bits per heavy atom. The Morgan fingerprint density at radius 3 is 2.72 bits per heavy atom. The van der Waals surface area contributed by atoms with Crippen LogP contribution >= 0.6 is 11.8 Å². The predicted octanol–water partition coefficient (Wildman–Crippen LogP) is 3.27. The lowest BCUT2D eigenvalue weighted by molar-refractivity contribution is -0.118. The number of aromatic nitrogens is 3. The molecule has 0 saturated carbocycles. The molecule has 3 aromatic rings. The normalized spacial score (nSPS) is 10.8. The molecule has 2 aromatic heterocycles. The highest BCUT2D eigenvalue weighted by atomic mass is 32.2. The molecule has 1 amide bonds. The van der Waals surface area contributed by atoms with E-state index < -0.39 is 0 Å². The molecule has 0 bridgehead atoms. The van der Waals surface area contributed by atoms with Crippen LogP contribution in [0.15, 0.2) is 52.2 Å². The minimum absolute atomic E-state index is 0.0273. The summed E-state index contributed by atoms with van der Waals surface area (Å²) in [4.78, 5) is 12.1. The zero-order valence-corrected chi connectivity index (χ0v) is 15.0. The van der Waals surface area contributed by atoms with Crippen molar-refractivity contribution in [2.45, 2.75) is 32.1 Å². The van der Waals surface area contributed by atoms with Gasteiger partial charge in [-0.25, -0.2) is 0 Å². The van der Waals surface area contributed by atoms with E-state index >= 15 is 0 Å². The summed E-state index contributed by atoms with van der Waals surface area (Å²) in [6, 6.07) is 11.7. The summed E-state index contributed by atoms with van der Waals surface area (Å²) < 4.78 is 7.34. The molecule has 25 heavy (non-hydrogen) atoms. The fourth-order valence-electron chi connectivity index (χ4n) is 2.47. The molecule has 0 spiro atoms. The smallest absolute Gasteiger partial charge is 0.230 e. The molecule has 0 fully saturated rings. The summed E-state index contributed by atoms with van der Waals surface area (Å²) in [7, 11) is 0. The van der Waals surface area contributed by atoms with Gasteiger partial charge in [0.05, 0.1) is 17.6 Å². The van der Waals surface area contributed by atoms with Gasteiger partial charge in [0.2, 0.25) is 5.91 Å². The monoisotopic (exact) mass is 356 g/mol. The van der Waals surface area contributed by atoms with Crippen molar-refractivity contribution in [2.24, 2.45) is 0 Å². The van der Waals surface area contributed by atoms with Gasteiger partial charge in [0.1, 0.15) is 5.76 Å². The average Bonchev–Trinajstić information content (AvgIpc) is 3.24. The van der Waals surface area contributed by atoms with Crippen LogP contribution in [0.25, 0.3) is 11.4 Å². The Bertz CT molecular complexity index is 842. The predicted molar refractivity (Wildman–Crippen MR) is 97.1 cm³/mol. The van der Waals surface area contributed by atoms with Gasteiger partial charge < -0.3 is 14.3 Å². The molecule has 6 nitrogen and oxygen atoms in total. The van der Waals surface area contributed by atoms with Crippen LogP contribution in [-0.2, 0) is 17.9 Å². The number of nitrogens with zero attached hydrogens (tertiary/aromatic N) is 3. The van der Waals surface area contributed by atoms with Gasteiger partial charge in [0.25, 0.3) is 0 Å². The molecule has 7 heteroatoms. The molecule has 0 aliphatic carbocycles. The standard InChI is InChI=1S/C18H20N4O2S/c1-3-22-17(15-9-10-24-13(15)2)20-21-18(22)25-12-16(23)19-11-14-7-5-4-6-8-14/h4-10H,3,11-12H2,1-2H3,(H,19,23). The summed E-state index contributed by atoms with van der Waals surface area (Å²) in [6.45, 7) is 5.18. The third-order valence-corrected chi connectivity index (χ3v) is 4.76. The van der Waals surface area contributed by atoms with Crippen LogP contribution in [0.2, 0.25) is 0 Å². The number of thioether (sulfide) groups is 1. The van der Waals surface area contributed by atoms with Crippen molar-refractivity contribution >= 4 is 17.7 Å². The van der Waals surface area contributed by atoms with E-state index in [1.807, 2.05) is 54.8 Å². The lowest BCUT2D eigenvalue weighted by Gasteiger charge is -2.07. The van der Waals surface area contributed by atoms with Crippen molar-refractivity contribution in [3.63, 3.8) is 0 Å². The van der Waals surface area contributed by atoms with E-state index in [9.17, 15) is 4.79 Å². The Morgan fingerprint density at radius 1 is 1.24 bits per heavy atom. The van der Waals surface area contributed by atoms with Crippen LogP contribution in [0.4, 0.5) is 0 Å². The minimum atomic E-state index is -0.0273. The van der Waals surface area contributed by atoms with Gasteiger partial charge in [-0.05, 0) is 25.5 Å². The van der Waals surface area contributed by atoms with E-state index in [0.717, 1.165) is 34.4 Å². The largest absolute Gasteiger partial charge is 0.469 e. The van der Waals surface area contributed by atoms with E-state index in [1.54, 1.807) is 6.26 Å². The van der Waals surface area contributed by atoms with Crippen LogP contribution in [-0.4, -0.2) is 26.4 Å². The van der Waals surface area contributed by atoms with Crippen LogP contribution in [0.5, 0.6) is 0 Å². The van der Waals surface area contributed by atoms with Crippen molar-refractivity contribution < 1.29 is 9.21 Å². The SMILES string of the molecule is CCn1c(SCC(=O)NCc2ccccc2)nnc1-c1ccoc1C. The highest BCUT2D eigenvalue weighted by Gasteiger charge is 2.17. The summed E-state index contributed by atoms with van der Waals surface area (Å²) in [6.07, 6.45) is 1.64. The Hall–Kier alpha value is -2.54. The van der Waals surface area contributed by atoms with Gasteiger partial charge in [-0.3, -0.25) is 4.79 Å². The first-order valence-corrected chi connectivity index (χ1v) is 9.08. The van der Waals surface area contributed by atoms with Crippen molar-refractivity contribution in [2.75, 3.05) is 5.75 Å². The van der Waals surface area contributed by atoms with Gasteiger partial charge in [-0.1, -0.05) is 42.1 Å². The second-order valence-corrected chi connectivity index (χ2v) is 6.43. The van der Waals surface area contributed by atoms with Crippen molar-refractivity contribution in [3.05, 3.63) is 54.0 Å². The zero-order chi connectivity index (χ0) is 17.6. The zero-order valence-electron chi connectivity index (χ0n) is 14.2. The number of carbonyl (C=O) groups is 1. The topological polar surface area (TPSA) is 73.0 Å². The number of furan rings is 1. The molecule has 0 unspecified atom stereocenters. The molecule has 0 atom stereocenters. The summed E-state index contributed by atoms with van der Waals surface area (Å²) in [5.41, 5.74) is 2.00. The van der Waals surface area contributed by atoms with Crippen LogP contribution in [0.1, 0.15) is 18.2 Å². The average molecular weight is 356 g/mol. The Balaban J connectivity index is 1.61. The number of carbonyl (C=O) groups excluding carboxylic acids is 1. The van der Waals surface area contributed by atoms with Gasteiger partial charge >= 0.3 is 0 Å². The number of rotatable bonds is 7. The second-order valence-electron chi connectivity index (χ2n) is 5.49. The molecular formula is C18H20N4O2S. The lowest BCUT2D eigenvalue weighted by Crippen LogP contribution is -2.24. The fourth-order valence-corrected chi connectivity index (χ4v) is 3.31. The van der Waals surface area contributed by atoms with Crippen LogP contribution in [0, 0.1) is 6.92 Å². The maximum Gasteiger partial charge on any atom is 0.230 e. The van der Waals surface area contributed by atoms with E-state index in [-0.39, 0.29) is 5.91 Å². The number of hydrogen-bond acceptors (Lipinski definition) is 5. The Labute approximate surface area is 150 Å². The Kier molecular flexibility index (Phi) is 5.55. The first-order valence-electron chi connectivity index (χ1n) is 8.10. The second kappa shape index (κ2) is 8.02. The first kappa shape index (κ1) is 17.3. The van der Waals surface area contributed by atoms with E-state index in [2.05, 4.69) is 15.5 Å². The van der Waals surface area contributed by atoms with Gasteiger partial charge in [-0.15, -0.1) is 10.2 Å². The highest BCUT2D eigenvalue weighted by Crippen LogP contribution is 2.26. The highest BCUT2D eigenvalue weighted by molar-refractivity contribution is 7.99. The fraction of sp³-hybridized carbons (Fsp3) is 0.278. The maximum absolute atomic E-state index is 12.1. The third-order valence-electron chi connectivity index (χ3n) is 3.80. The molecule has 3 rings (SSSR count). The van der Waals surface area contributed by atoms with Gasteiger partial charge in [0.15, 0.2) is 11.0 Å². The van der Waals surface area contributed by atoms with Crippen LogP contribution < -0.4 is 5.32 Å². The summed E-state index contributed by atoms with van der Waals surface area (Å²) >= 11 is 1.39. The molecule has 0 aliphatic rings. The molecular weight excluding hydrogens is 336 g/mol. The van der Waals surface area contributed by atoms with Crippen LogP contribution in [0.3, 0.4) is 0 Å². The summed E-state index contributed by atoms with van der Waals surface area (Å²) in [5, 5.41) is 12.1. The number of nitrogens with one attached hydrogen (secondary N) is 1. The molecule has 130 valence electrons. The summed E-state index contributed by atoms with van der Waals surface area (Å²) in [5.74, 6) is 1.84. The number of hydrogen-bond donors (Lipinski definition) is 1. The molecule has 1 N–H and O–H groups in total. The van der Waals surface area contributed by atoms with Gasteiger partial charge in [0, 0.05) is 13.1 Å². The molecule has 0 aliphatic heterocycles. The lowest BCUT2D eigenvalue weighted by atomic mass is 10.2. The number of aryl methyl sites for hydroxylation is 1. The number of amides is 1. The quantitative estimate of drug-likeness (QED) is 0.658. The van der Waals surface area contributed by atoms with E-state index in [0.29, 0.717) is 12.3 Å². The third kappa shape index (κ3) is 4.11. The number of benzene rings is 1. The first-order chi connectivity index (χ1) is 12.2. The van der Waals surface area contributed by atoms with Gasteiger partial charge in [-0.2, -0.15) is 0 Å². The molecule has 0 saturated heterocycles. The molecule has 2 heterocycles. The van der Waals surface area contributed by atoms with Crippen molar-refractivity contribution in [1.82, 2.24) is 20.1 Å². The van der Waals surface area contributed by atoms with Crippen molar-refractivity contribution in [3.8, 4) is 11.4 Å². The maximum atomic E-state index is 12.1. The molecule has 1 aromatic carbocycles.